The number of rotatable bonds is 7. The monoisotopic (exact) mass is 445 g/mol. The van der Waals surface area contributed by atoms with Crippen molar-refractivity contribution in [3.63, 3.8) is 0 Å². The number of benzene rings is 2. The molecule has 0 saturated carbocycles. The van der Waals surface area contributed by atoms with E-state index in [1.54, 1.807) is 20.3 Å². The smallest absolute Gasteiger partial charge is 0.220 e. The minimum atomic E-state index is -0.0676. The molecule has 4 nitrogen and oxygen atoms in total. The number of amides is 1. The number of hydrogen-bond acceptors (Lipinski definition) is 3. The Labute approximate surface area is 165 Å². The van der Waals surface area contributed by atoms with Crippen LogP contribution >= 0.6 is 39.1 Å². The van der Waals surface area contributed by atoms with Crippen LogP contribution in [0.2, 0.25) is 10.0 Å². The molecule has 2 aromatic carbocycles. The van der Waals surface area contributed by atoms with Crippen molar-refractivity contribution in [2.45, 2.75) is 19.4 Å². The number of carbonyl (C=O) groups excluding carboxylic acids is 1. The van der Waals surface area contributed by atoms with Gasteiger partial charge in [-0.2, -0.15) is 0 Å². The molecule has 1 N–H and O–H groups in total. The quantitative estimate of drug-likeness (QED) is 0.649. The molecule has 2 aromatic rings. The molecule has 0 aliphatic carbocycles. The fraction of sp³-hybridized carbons (Fsp3) is 0.278. The standard InChI is InChI=1S/C18H18BrCl2NO3/c1-24-15-9-11(8-13(19)18(15)25-2)10-22-16(23)7-6-12-4-3-5-14(20)17(12)21/h3-5,8-9H,6-7,10H2,1-2H3,(H,22,23). The van der Waals surface area contributed by atoms with Crippen LogP contribution in [0.5, 0.6) is 11.5 Å². The Kier molecular flexibility index (Phi) is 7.41. The number of carbonyl (C=O) groups is 1. The summed E-state index contributed by atoms with van der Waals surface area (Å²) in [6.07, 6.45) is 0.857. The number of ether oxygens (including phenoxy) is 2. The second kappa shape index (κ2) is 9.32. The van der Waals surface area contributed by atoms with Gasteiger partial charge in [-0.05, 0) is 51.7 Å². The molecule has 0 radical (unpaired) electrons. The maximum absolute atomic E-state index is 12.1. The van der Waals surface area contributed by atoms with Gasteiger partial charge in [0.25, 0.3) is 0 Å². The van der Waals surface area contributed by atoms with Gasteiger partial charge in [0.15, 0.2) is 11.5 Å². The van der Waals surface area contributed by atoms with Crippen LogP contribution in [-0.2, 0) is 17.8 Å². The first kappa shape index (κ1) is 19.9. The first-order chi connectivity index (χ1) is 12.0. The summed E-state index contributed by atoms with van der Waals surface area (Å²) in [7, 11) is 3.15. The Bertz CT molecular complexity index is 768. The maximum atomic E-state index is 12.1. The van der Waals surface area contributed by atoms with Crippen molar-refractivity contribution in [3.8, 4) is 11.5 Å². The lowest BCUT2D eigenvalue weighted by Crippen LogP contribution is -2.23. The first-order valence-electron chi connectivity index (χ1n) is 7.56. The predicted molar refractivity (Wildman–Crippen MR) is 104 cm³/mol. The van der Waals surface area contributed by atoms with Crippen molar-refractivity contribution >= 4 is 45.0 Å². The highest BCUT2D eigenvalue weighted by atomic mass is 79.9. The highest BCUT2D eigenvalue weighted by Crippen LogP contribution is 2.36. The van der Waals surface area contributed by atoms with Crippen molar-refractivity contribution in [3.05, 3.63) is 56.0 Å². The second-order valence-electron chi connectivity index (χ2n) is 5.30. The molecular weight excluding hydrogens is 429 g/mol. The molecule has 2 rings (SSSR count). The van der Waals surface area contributed by atoms with Gasteiger partial charge >= 0.3 is 0 Å². The largest absolute Gasteiger partial charge is 0.493 e. The van der Waals surface area contributed by atoms with Gasteiger partial charge in [0, 0.05) is 13.0 Å². The van der Waals surface area contributed by atoms with E-state index in [0.29, 0.717) is 40.9 Å². The minimum absolute atomic E-state index is 0.0676. The molecule has 0 aliphatic heterocycles. The Balaban J connectivity index is 1.94. The Hall–Kier alpha value is -1.43. The summed E-state index contributed by atoms with van der Waals surface area (Å²) < 4.78 is 11.3. The van der Waals surface area contributed by atoms with Gasteiger partial charge in [-0.3, -0.25) is 4.79 Å². The zero-order valence-electron chi connectivity index (χ0n) is 13.9. The van der Waals surface area contributed by atoms with E-state index in [0.717, 1.165) is 15.6 Å². The van der Waals surface area contributed by atoms with Crippen LogP contribution in [-0.4, -0.2) is 20.1 Å². The molecule has 0 heterocycles. The molecule has 0 aromatic heterocycles. The Morgan fingerprint density at radius 1 is 1.20 bits per heavy atom. The summed E-state index contributed by atoms with van der Waals surface area (Å²) in [6, 6.07) is 9.13. The third kappa shape index (κ3) is 5.27. The molecule has 0 fully saturated rings. The normalized spacial score (nSPS) is 10.4. The van der Waals surface area contributed by atoms with Gasteiger partial charge in [-0.25, -0.2) is 0 Å². The van der Waals surface area contributed by atoms with E-state index in [-0.39, 0.29) is 5.91 Å². The predicted octanol–water partition coefficient (Wildman–Crippen LogP) is 5.02. The van der Waals surface area contributed by atoms with Crippen LogP contribution in [0, 0.1) is 0 Å². The molecular formula is C18H18BrCl2NO3. The van der Waals surface area contributed by atoms with Gasteiger partial charge in [0.05, 0.1) is 28.7 Å². The van der Waals surface area contributed by atoms with E-state index >= 15 is 0 Å². The number of hydrogen-bond donors (Lipinski definition) is 1. The topological polar surface area (TPSA) is 47.6 Å². The lowest BCUT2D eigenvalue weighted by Gasteiger charge is -2.12. The SMILES string of the molecule is COc1cc(CNC(=O)CCc2cccc(Cl)c2Cl)cc(Br)c1OC. The number of methoxy groups -OCH3 is 2. The zero-order valence-corrected chi connectivity index (χ0v) is 17.0. The van der Waals surface area contributed by atoms with Crippen LogP contribution in [0.1, 0.15) is 17.5 Å². The highest BCUT2D eigenvalue weighted by Gasteiger charge is 2.12. The summed E-state index contributed by atoms with van der Waals surface area (Å²) in [5.41, 5.74) is 1.76. The van der Waals surface area contributed by atoms with Crippen LogP contribution in [0.4, 0.5) is 0 Å². The van der Waals surface area contributed by atoms with Gasteiger partial charge in [0.1, 0.15) is 0 Å². The molecule has 25 heavy (non-hydrogen) atoms. The van der Waals surface area contributed by atoms with E-state index in [1.165, 1.54) is 0 Å². The average molecular weight is 447 g/mol. The van der Waals surface area contributed by atoms with E-state index in [2.05, 4.69) is 21.2 Å². The summed E-state index contributed by atoms with van der Waals surface area (Å²) in [6.45, 7) is 0.390. The molecule has 0 aliphatic rings. The van der Waals surface area contributed by atoms with Crippen molar-refractivity contribution in [1.29, 1.82) is 0 Å². The van der Waals surface area contributed by atoms with E-state index in [1.807, 2.05) is 24.3 Å². The lowest BCUT2D eigenvalue weighted by atomic mass is 10.1. The molecule has 0 saturated heterocycles. The van der Waals surface area contributed by atoms with Gasteiger partial charge in [0.2, 0.25) is 5.91 Å². The van der Waals surface area contributed by atoms with Crippen LogP contribution in [0.15, 0.2) is 34.8 Å². The van der Waals surface area contributed by atoms with Gasteiger partial charge in [-0.15, -0.1) is 0 Å². The number of aryl methyl sites for hydroxylation is 1. The zero-order chi connectivity index (χ0) is 18.4. The molecule has 0 unspecified atom stereocenters. The summed E-state index contributed by atoms with van der Waals surface area (Å²) in [4.78, 5) is 12.1. The molecule has 0 spiro atoms. The highest BCUT2D eigenvalue weighted by molar-refractivity contribution is 9.10. The first-order valence-corrected chi connectivity index (χ1v) is 9.11. The number of nitrogens with one attached hydrogen (secondary N) is 1. The number of halogens is 3. The van der Waals surface area contributed by atoms with Crippen LogP contribution in [0.25, 0.3) is 0 Å². The van der Waals surface area contributed by atoms with Crippen LogP contribution < -0.4 is 14.8 Å². The maximum Gasteiger partial charge on any atom is 0.220 e. The second-order valence-corrected chi connectivity index (χ2v) is 6.94. The molecule has 0 bridgehead atoms. The summed E-state index contributed by atoms with van der Waals surface area (Å²) >= 11 is 15.6. The van der Waals surface area contributed by atoms with E-state index in [9.17, 15) is 4.79 Å². The van der Waals surface area contributed by atoms with E-state index in [4.69, 9.17) is 32.7 Å². The van der Waals surface area contributed by atoms with Gasteiger partial charge in [-0.1, -0.05) is 35.3 Å². The molecule has 134 valence electrons. The van der Waals surface area contributed by atoms with Gasteiger partial charge < -0.3 is 14.8 Å². The third-order valence-electron chi connectivity index (χ3n) is 3.64. The summed E-state index contributed by atoms with van der Waals surface area (Å²) in [5, 5.41) is 3.88. The van der Waals surface area contributed by atoms with Crippen molar-refractivity contribution in [2.75, 3.05) is 14.2 Å². The molecule has 1 amide bonds. The fourth-order valence-electron chi connectivity index (χ4n) is 2.35. The summed E-state index contributed by atoms with van der Waals surface area (Å²) in [5.74, 6) is 1.15. The Morgan fingerprint density at radius 2 is 1.96 bits per heavy atom. The Morgan fingerprint density at radius 3 is 2.64 bits per heavy atom. The minimum Gasteiger partial charge on any atom is -0.493 e. The van der Waals surface area contributed by atoms with Crippen LogP contribution in [0.3, 0.4) is 0 Å². The average Bonchev–Trinajstić information content (AvgIpc) is 2.60. The van der Waals surface area contributed by atoms with Crippen molar-refractivity contribution in [1.82, 2.24) is 5.32 Å². The van der Waals surface area contributed by atoms with Crippen molar-refractivity contribution in [2.24, 2.45) is 0 Å². The lowest BCUT2D eigenvalue weighted by molar-refractivity contribution is -0.121. The molecule has 0 atom stereocenters. The van der Waals surface area contributed by atoms with E-state index < -0.39 is 0 Å². The molecule has 7 heteroatoms. The fourth-order valence-corrected chi connectivity index (χ4v) is 3.42. The third-order valence-corrected chi connectivity index (χ3v) is 5.08. The van der Waals surface area contributed by atoms with Crippen molar-refractivity contribution < 1.29 is 14.3 Å².